The number of sulfone groups is 1. The van der Waals surface area contributed by atoms with Crippen LogP contribution in [0.3, 0.4) is 0 Å². The van der Waals surface area contributed by atoms with E-state index in [2.05, 4.69) is 20.8 Å². The Labute approximate surface area is 231 Å². The van der Waals surface area contributed by atoms with Crippen molar-refractivity contribution < 1.29 is 22.3 Å². The van der Waals surface area contributed by atoms with E-state index in [1.54, 1.807) is 12.1 Å². The topological polar surface area (TPSA) is 61.8 Å². The lowest BCUT2D eigenvalue weighted by atomic mass is 9.52. The standard InChI is InChI=1S/C31H40O5SSi/c1-23-15-13-14-20-26(23)37(32,33)22-30(28(2,3)4)27(24-16-9-7-10-17-24)35-29(5,6)36-31(30,21-34-38)25-18-11-8-12-19-25/h7-20,27H,21-22H2,1-6,38H3. The molecule has 0 saturated carbocycles. The highest BCUT2D eigenvalue weighted by molar-refractivity contribution is 7.91. The molecule has 1 fully saturated rings. The fourth-order valence-corrected chi connectivity index (χ4v) is 9.09. The van der Waals surface area contributed by atoms with Crippen LogP contribution in [0.2, 0.25) is 0 Å². The van der Waals surface area contributed by atoms with Crippen LogP contribution in [0.4, 0.5) is 0 Å². The van der Waals surface area contributed by atoms with Gasteiger partial charge in [0.1, 0.15) is 16.1 Å². The van der Waals surface area contributed by atoms with E-state index >= 15 is 0 Å². The van der Waals surface area contributed by atoms with E-state index < -0.39 is 38.2 Å². The molecule has 3 aromatic carbocycles. The first-order chi connectivity index (χ1) is 17.8. The molecule has 7 heteroatoms. The van der Waals surface area contributed by atoms with Crippen molar-refractivity contribution in [3.8, 4) is 0 Å². The van der Waals surface area contributed by atoms with E-state index in [1.165, 1.54) is 0 Å². The number of ether oxygens (including phenoxy) is 2. The van der Waals surface area contributed by atoms with Crippen molar-refractivity contribution in [3.05, 3.63) is 102 Å². The van der Waals surface area contributed by atoms with Gasteiger partial charge >= 0.3 is 0 Å². The molecule has 0 amide bonds. The summed E-state index contributed by atoms with van der Waals surface area (Å²) in [5.74, 6) is -1.21. The first-order valence-electron chi connectivity index (χ1n) is 13.1. The van der Waals surface area contributed by atoms with Crippen LogP contribution in [0, 0.1) is 17.8 Å². The molecule has 3 unspecified atom stereocenters. The Kier molecular flexibility index (Phi) is 7.82. The van der Waals surface area contributed by atoms with Gasteiger partial charge in [0.25, 0.3) is 0 Å². The molecule has 0 aromatic heterocycles. The maximum Gasteiger partial charge on any atom is 0.179 e. The smallest absolute Gasteiger partial charge is 0.179 e. The lowest BCUT2D eigenvalue weighted by Crippen LogP contribution is -2.69. The van der Waals surface area contributed by atoms with Gasteiger partial charge in [-0.3, -0.25) is 0 Å². The van der Waals surface area contributed by atoms with Gasteiger partial charge in [-0.1, -0.05) is 99.6 Å². The fraction of sp³-hybridized carbons (Fsp3) is 0.419. The zero-order valence-electron chi connectivity index (χ0n) is 23.5. The predicted molar refractivity (Wildman–Crippen MR) is 155 cm³/mol. The molecule has 1 aliphatic rings. The van der Waals surface area contributed by atoms with E-state index in [0.29, 0.717) is 15.4 Å². The fourth-order valence-electron chi connectivity index (χ4n) is 6.27. The Bertz CT molecular complexity index is 1350. The van der Waals surface area contributed by atoms with Crippen molar-refractivity contribution in [3.63, 3.8) is 0 Å². The van der Waals surface area contributed by atoms with Crippen molar-refractivity contribution in [2.24, 2.45) is 10.8 Å². The van der Waals surface area contributed by atoms with Gasteiger partial charge in [-0.15, -0.1) is 0 Å². The second kappa shape index (κ2) is 10.4. The van der Waals surface area contributed by atoms with Crippen molar-refractivity contribution in [1.29, 1.82) is 0 Å². The highest BCUT2D eigenvalue weighted by Crippen LogP contribution is 2.66. The normalized spacial score (nSPS) is 25.8. The monoisotopic (exact) mass is 552 g/mol. The van der Waals surface area contributed by atoms with Gasteiger partial charge < -0.3 is 13.9 Å². The molecular formula is C31H40O5SSi. The largest absolute Gasteiger partial charge is 0.425 e. The Hall–Kier alpha value is -2.29. The van der Waals surface area contributed by atoms with E-state index in [0.717, 1.165) is 16.7 Å². The number of aryl methyl sites for hydroxylation is 1. The molecule has 4 rings (SSSR count). The number of benzene rings is 3. The Morgan fingerprint density at radius 2 is 1.45 bits per heavy atom. The van der Waals surface area contributed by atoms with Crippen LogP contribution in [-0.4, -0.2) is 37.1 Å². The van der Waals surface area contributed by atoms with Crippen molar-refractivity contribution >= 4 is 20.3 Å². The molecule has 0 radical (unpaired) electrons. The minimum atomic E-state index is -3.81. The summed E-state index contributed by atoms with van der Waals surface area (Å²) in [6.07, 6.45) is -0.608. The Morgan fingerprint density at radius 1 is 0.895 bits per heavy atom. The van der Waals surface area contributed by atoms with Crippen molar-refractivity contribution in [2.75, 3.05) is 12.4 Å². The van der Waals surface area contributed by atoms with E-state index in [9.17, 15) is 8.42 Å². The summed E-state index contributed by atoms with van der Waals surface area (Å²) in [6.45, 7) is 12.1. The molecule has 3 aromatic rings. The summed E-state index contributed by atoms with van der Waals surface area (Å²) in [5, 5.41) is 0. The van der Waals surface area contributed by atoms with Gasteiger partial charge in [-0.05, 0) is 48.9 Å². The SMILES string of the molecule is Cc1ccccc1S(=O)(=O)CC1(C(C)(C)C)C(c2ccccc2)OC(C)(C)OC1(CO[SiH3])c1ccccc1. The van der Waals surface area contributed by atoms with Gasteiger partial charge in [-0.25, -0.2) is 8.42 Å². The Balaban J connectivity index is 2.14. The quantitative estimate of drug-likeness (QED) is 0.361. The molecular weight excluding hydrogens is 512 g/mol. The summed E-state index contributed by atoms with van der Waals surface area (Å²) in [4.78, 5) is 0.328. The number of rotatable bonds is 7. The van der Waals surface area contributed by atoms with Gasteiger partial charge in [-0.2, -0.15) is 0 Å². The molecule has 38 heavy (non-hydrogen) atoms. The molecule has 3 atom stereocenters. The van der Waals surface area contributed by atoms with Crippen LogP contribution in [-0.2, 0) is 29.3 Å². The molecule has 0 N–H and O–H groups in total. The molecule has 1 saturated heterocycles. The molecule has 1 aliphatic heterocycles. The zero-order valence-corrected chi connectivity index (χ0v) is 26.3. The second-order valence-electron chi connectivity index (χ2n) is 11.8. The van der Waals surface area contributed by atoms with Crippen LogP contribution in [0.15, 0.2) is 89.8 Å². The molecule has 0 aliphatic carbocycles. The minimum absolute atomic E-state index is 0.191. The highest BCUT2D eigenvalue weighted by Gasteiger charge is 2.70. The number of hydrogen-bond donors (Lipinski definition) is 0. The van der Waals surface area contributed by atoms with Crippen molar-refractivity contribution in [1.82, 2.24) is 0 Å². The van der Waals surface area contributed by atoms with E-state index in [4.69, 9.17) is 13.9 Å². The second-order valence-corrected chi connectivity index (χ2v) is 14.3. The maximum absolute atomic E-state index is 14.5. The summed E-state index contributed by atoms with van der Waals surface area (Å²) in [6, 6.07) is 27.0. The minimum Gasteiger partial charge on any atom is -0.425 e. The summed E-state index contributed by atoms with van der Waals surface area (Å²) in [7, 11) is -3.35. The molecule has 5 nitrogen and oxygen atoms in total. The summed E-state index contributed by atoms with van der Waals surface area (Å²) < 4.78 is 48.9. The van der Waals surface area contributed by atoms with Crippen LogP contribution >= 0.6 is 0 Å². The van der Waals surface area contributed by atoms with Crippen LogP contribution in [0.1, 0.15) is 57.4 Å². The molecule has 1 heterocycles. The van der Waals surface area contributed by atoms with E-state index in [-0.39, 0.29) is 12.4 Å². The van der Waals surface area contributed by atoms with Crippen LogP contribution < -0.4 is 0 Å². The lowest BCUT2D eigenvalue weighted by molar-refractivity contribution is -0.411. The van der Waals surface area contributed by atoms with Crippen LogP contribution in [0.5, 0.6) is 0 Å². The van der Waals surface area contributed by atoms with Crippen LogP contribution in [0.25, 0.3) is 0 Å². The highest BCUT2D eigenvalue weighted by atomic mass is 32.2. The Morgan fingerprint density at radius 3 is 2.00 bits per heavy atom. The molecule has 204 valence electrons. The lowest BCUT2D eigenvalue weighted by Gasteiger charge is -2.65. The molecule has 0 spiro atoms. The third-order valence-electron chi connectivity index (χ3n) is 7.86. The first-order valence-corrected chi connectivity index (χ1v) is 15.5. The van der Waals surface area contributed by atoms with E-state index in [1.807, 2.05) is 93.6 Å². The summed E-state index contributed by atoms with van der Waals surface area (Å²) >= 11 is 0. The first kappa shape index (κ1) is 28.7. The third kappa shape index (κ3) is 4.91. The summed E-state index contributed by atoms with van der Waals surface area (Å²) in [5.41, 5.74) is -0.336. The average Bonchev–Trinajstić information content (AvgIpc) is 2.86. The van der Waals surface area contributed by atoms with Gasteiger partial charge in [0.05, 0.1) is 28.8 Å². The van der Waals surface area contributed by atoms with Gasteiger partial charge in [0, 0.05) is 0 Å². The van der Waals surface area contributed by atoms with Crippen molar-refractivity contribution in [2.45, 2.75) is 63.9 Å². The molecule has 0 bridgehead atoms. The predicted octanol–water partition coefficient (Wildman–Crippen LogP) is 5.52. The maximum atomic E-state index is 14.5. The number of hydrogen-bond acceptors (Lipinski definition) is 5. The third-order valence-corrected chi connectivity index (χ3v) is 10.1. The zero-order chi connectivity index (χ0) is 27.8. The van der Waals surface area contributed by atoms with Gasteiger partial charge in [0.2, 0.25) is 0 Å². The van der Waals surface area contributed by atoms with Gasteiger partial charge in [0.15, 0.2) is 15.6 Å². The average molecular weight is 553 g/mol.